The van der Waals surface area contributed by atoms with Gasteiger partial charge in [0.15, 0.2) is 0 Å². The molecule has 0 saturated carbocycles. The van der Waals surface area contributed by atoms with Gasteiger partial charge < -0.3 is 33.7 Å². The van der Waals surface area contributed by atoms with Crippen LogP contribution in [0.5, 0.6) is 5.75 Å². The summed E-state index contributed by atoms with van der Waals surface area (Å²) in [5.74, 6) is 0.649. The highest BCUT2D eigenvalue weighted by atomic mass is 16.6. The second kappa shape index (κ2) is 21.6. The molecule has 1 aromatic rings. The zero-order valence-electron chi connectivity index (χ0n) is 23.9. The third kappa shape index (κ3) is 20.7. The van der Waals surface area contributed by atoms with Gasteiger partial charge in [0.1, 0.15) is 11.4 Å². The van der Waals surface area contributed by atoms with Crippen LogP contribution in [0.25, 0.3) is 0 Å². The third-order valence-corrected chi connectivity index (χ3v) is 5.33. The summed E-state index contributed by atoms with van der Waals surface area (Å²) in [5, 5.41) is 2.76. The maximum absolute atomic E-state index is 11.8. The maximum Gasteiger partial charge on any atom is 0.407 e. The number of unbranched alkanes of at least 4 members (excludes halogenated alkanes) is 5. The summed E-state index contributed by atoms with van der Waals surface area (Å²) in [7, 11) is 1.41. The van der Waals surface area contributed by atoms with Gasteiger partial charge in [-0.25, -0.2) is 4.79 Å². The molecule has 0 unspecified atom stereocenters. The Morgan fingerprint density at radius 2 is 1.37 bits per heavy atom. The van der Waals surface area contributed by atoms with Crippen molar-refractivity contribution in [2.24, 2.45) is 0 Å². The van der Waals surface area contributed by atoms with Crippen molar-refractivity contribution in [3.8, 4) is 5.75 Å². The van der Waals surface area contributed by atoms with Gasteiger partial charge in [-0.1, -0.05) is 25.0 Å². The summed E-state index contributed by atoms with van der Waals surface area (Å²) in [6, 6.07) is 7.74. The fourth-order valence-corrected chi connectivity index (χ4v) is 3.38. The molecule has 0 saturated heterocycles. The average molecular weight is 542 g/mol. The highest BCUT2D eigenvalue weighted by molar-refractivity contribution is 5.69. The number of esters is 1. The Labute approximate surface area is 230 Å². The first kappa shape index (κ1) is 33.7. The lowest BCUT2D eigenvalue weighted by Crippen LogP contribution is -2.32. The number of ether oxygens (including phenoxy) is 6. The number of amides is 1. The van der Waals surface area contributed by atoms with Crippen LogP contribution in [0.2, 0.25) is 0 Å². The smallest absolute Gasteiger partial charge is 0.407 e. The molecule has 0 atom stereocenters. The molecule has 0 aliphatic heterocycles. The predicted molar refractivity (Wildman–Crippen MR) is 149 cm³/mol. The minimum atomic E-state index is -0.512. The van der Waals surface area contributed by atoms with Crippen LogP contribution in [0.1, 0.15) is 79.1 Å². The molecule has 220 valence electrons. The molecule has 0 heterocycles. The molecule has 1 aromatic carbocycles. The third-order valence-electron chi connectivity index (χ3n) is 5.33. The number of nitrogens with one attached hydrogen (secondary N) is 1. The van der Waals surface area contributed by atoms with Crippen LogP contribution in [0, 0.1) is 0 Å². The maximum atomic E-state index is 11.8. The second-order valence-corrected chi connectivity index (χ2v) is 9.99. The molecule has 0 bridgehead atoms. The van der Waals surface area contributed by atoms with Gasteiger partial charge in [0, 0.05) is 27.6 Å². The van der Waals surface area contributed by atoms with Gasteiger partial charge in [0.05, 0.1) is 40.1 Å². The first-order valence-electron chi connectivity index (χ1n) is 13.8. The highest BCUT2D eigenvalue weighted by Gasteiger charge is 2.15. The van der Waals surface area contributed by atoms with Crippen LogP contribution >= 0.6 is 0 Å². The molecule has 0 spiro atoms. The number of methoxy groups -OCH3 is 1. The quantitative estimate of drug-likeness (QED) is 0.148. The van der Waals surface area contributed by atoms with E-state index in [2.05, 4.69) is 10.1 Å². The van der Waals surface area contributed by atoms with Crippen LogP contribution in [-0.4, -0.2) is 71.0 Å². The number of alkyl carbamates (subject to hydrolysis) is 1. The molecular weight excluding hydrogens is 490 g/mol. The Morgan fingerprint density at radius 3 is 1.97 bits per heavy atom. The summed E-state index contributed by atoms with van der Waals surface area (Å²) in [6.07, 6.45) is 6.96. The summed E-state index contributed by atoms with van der Waals surface area (Å²) in [6.45, 7) is 10.3. The van der Waals surface area contributed by atoms with Gasteiger partial charge in [-0.2, -0.15) is 0 Å². The number of carbonyl (C=O) groups excluding carboxylic acids is 2. The van der Waals surface area contributed by atoms with Crippen molar-refractivity contribution < 1.29 is 39.4 Å². The van der Waals surface area contributed by atoms with E-state index in [9.17, 15) is 9.59 Å². The minimum Gasteiger partial charge on any atom is -0.494 e. The molecule has 38 heavy (non-hydrogen) atoms. The van der Waals surface area contributed by atoms with Gasteiger partial charge in [0.25, 0.3) is 0 Å². The van der Waals surface area contributed by atoms with E-state index in [4.69, 9.17) is 23.7 Å². The fourth-order valence-electron chi connectivity index (χ4n) is 3.38. The molecule has 1 N–H and O–H groups in total. The van der Waals surface area contributed by atoms with Crippen molar-refractivity contribution >= 4 is 12.1 Å². The Hall–Kier alpha value is -2.36. The van der Waals surface area contributed by atoms with Crippen LogP contribution in [0.3, 0.4) is 0 Å². The average Bonchev–Trinajstić information content (AvgIpc) is 2.88. The van der Waals surface area contributed by atoms with Crippen molar-refractivity contribution in [2.45, 2.75) is 84.3 Å². The van der Waals surface area contributed by atoms with E-state index in [1.54, 1.807) is 0 Å². The lowest BCUT2D eigenvalue weighted by Gasteiger charge is -2.19. The number of hydrogen-bond acceptors (Lipinski definition) is 8. The number of rotatable bonds is 22. The summed E-state index contributed by atoms with van der Waals surface area (Å²) in [4.78, 5) is 22.8. The highest BCUT2D eigenvalue weighted by Crippen LogP contribution is 2.15. The lowest BCUT2D eigenvalue weighted by molar-refractivity contribution is -0.140. The number of hydrogen-bond donors (Lipinski definition) is 1. The van der Waals surface area contributed by atoms with Crippen molar-refractivity contribution in [2.75, 3.05) is 53.4 Å². The van der Waals surface area contributed by atoms with Gasteiger partial charge in [0.2, 0.25) is 0 Å². The fraction of sp³-hybridized carbons (Fsp3) is 0.724. The van der Waals surface area contributed by atoms with E-state index in [1.165, 1.54) is 7.11 Å². The van der Waals surface area contributed by atoms with Gasteiger partial charge in [-0.15, -0.1) is 0 Å². The molecule has 0 aromatic heterocycles. The molecule has 1 rings (SSSR count). The number of benzene rings is 1. The van der Waals surface area contributed by atoms with Gasteiger partial charge >= 0.3 is 12.1 Å². The monoisotopic (exact) mass is 541 g/mol. The summed E-state index contributed by atoms with van der Waals surface area (Å²) >= 11 is 0. The van der Waals surface area contributed by atoms with Crippen molar-refractivity contribution in [1.29, 1.82) is 0 Å². The van der Waals surface area contributed by atoms with E-state index in [0.717, 1.165) is 62.9 Å². The van der Waals surface area contributed by atoms with E-state index >= 15 is 0 Å². The lowest BCUT2D eigenvalue weighted by atomic mass is 10.2. The van der Waals surface area contributed by atoms with E-state index in [1.807, 2.05) is 45.0 Å². The second-order valence-electron chi connectivity index (χ2n) is 9.99. The predicted octanol–water partition coefficient (Wildman–Crippen LogP) is 5.68. The Morgan fingerprint density at radius 1 is 0.789 bits per heavy atom. The van der Waals surface area contributed by atoms with E-state index in [-0.39, 0.29) is 7.40 Å². The molecule has 0 radical (unpaired) electrons. The Balaban J connectivity index is 0.0000144. The molecule has 0 fully saturated rings. The van der Waals surface area contributed by atoms with E-state index < -0.39 is 11.7 Å². The molecule has 0 aliphatic rings. The topological polar surface area (TPSA) is 102 Å². The molecule has 9 nitrogen and oxygen atoms in total. The Bertz CT molecular complexity index is 757. The summed E-state index contributed by atoms with van der Waals surface area (Å²) < 4.78 is 32.4. The van der Waals surface area contributed by atoms with Crippen molar-refractivity contribution in [3.63, 3.8) is 0 Å². The standard InChI is InChI=1S/C29H49NO8.H2/c1-29(2,3)38-28(32)30-24-25-13-12-14-26(23-25)37-18-11-6-5-9-16-34-19-21-36-22-20-35-17-10-7-8-15-27(31)33-4;/h12-14,23H,5-11,15-22,24H2,1-4H3,(H,30,32);1H. The van der Waals surface area contributed by atoms with Crippen LogP contribution in [0.15, 0.2) is 24.3 Å². The van der Waals surface area contributed by atoms with Crippen molar-refractivity contribution in [3.05, 3.63) is 29.8 Å². The number of carbonyl (C=O) groups is 2. The first-order chi connectivity index (χ1) is 18.3. The van der Waals surface area contributed by atoms with E-state index in [0.29, 0.717) is 52.6 Å². The molecule has 1 amide bonds. The zero-order valence-corrected chi connectivity index (χ0v) is 23.9. The van der Waals surface area contributed by atoms with Crippen LogP contribution in [0.4, 0.5) is 4.79 Å². The molecule has 0 aliphatic carbocycles. The summed E-state index contributed by atoms with van der Waals surface area (Å²) in [5.41, 5.74) is 0.452. The van der Waals surface area contributed by atoms with Gasteiger partial charge in [-0.3, -0.25) is 4.79 Å². The van der Waals surface area contributed by atoms with Gasteiger partial charge in [-0.05, 0) is 70.6 Å². The van der Waals surface area contributed by atoms with Crippen molar-refractivity contribution in [1.82, 2.24) is 5.32 Å². The Kier molecular flexibility index (Phi) is 19.1. The molecule has 9 heteroatoms. The minimum absolute atomic E-state index is 0. The normalized spacial score (nSPS) is 11.3. The van der Waals surface area contributed by atoms with Crippen LogP contribution in [-0.2, 0) is 35.0 Å². The van der Waals surface area contributed by atoms with Crippen LogP contribution < -0.4 is 10.1 Å². The largest absolute Gasteiger partial charge is 0.494 e. The SMILES string of the molecule is COC(=O)CCCCCOCCOCCOCCCCCCOc1cccc(CNC(=O)OC(C)(C)C)c1.[HH]. The first-order valence-corrected chi connectivity index (χ1v) is 13.8. The zero-order chi connectivity index (χ0) is 27.9. The molecular formula is C29H51NO8.